The molecule has 0 saturated carbocycles. The molecule has 0 aromatic rings. The van der Waals surface area contributed by atoms with Gasteiger partial charge >= 0.3 is 5.97 Å². The van der Waals surface area contributed by atoms with E-state index in [9.17, 15) is 4.79 Å². The minimum absolute atomic E-state index is 0.187. The smallest absolute Gasteiger partial charge is 0.335 e. The minimum atomic E-state index is -0.925. The Labute approximate surface area is 95.3 Å². The zero-order valence-electron chi connectivity index (χ0n) is 9.59. The van der Waals surface area contributed by atoms with Crippen molar-refractivity contribution >= 4 is 5.97 Å². The predicted octanol–water partition coefficient (Wildman–Crippen LogP) is 0.544. The zero-order valence-corrected chi connectivity index (χ0v) is 9.59. The Balaban J connectivity index is 1.73. The summed E-state index contributed by atoms with van der Waals surface area (Å²) in [7, 11) is 2.12. The molecular weight excluding hydrogens is 210 g/mol. The van der Waals surface area contributed by atoms with Gasteiger partial charge in [0, 0.05) is 6.42 Å². The highest BCUT2D eigenvalue weighted by Crippen LogP contribution is 2.25. The van der Waals surface area contributed by atoms with E-state index in [1.165, 1.54) is 0 Å². The second-order valence-electron chi connectivity index (χ2n) is 4.71. The Morgan fingerprint density at radius 3 is 2.69 bits per heavy atom. The van der Waals surface area contributed by atoms with Crippen LogP contribution in [0.5, 0.6) is 0 Å². The topological polar surface area (TPSA) is 59.0 Å². The fourth-order valence-electron chi connectivity index (χ4n) is 2.28. The summed E-state index contributed by atoms with van der Waals surface area (Å²) in [6.45, 7) is 2.41. The molecule has 92 valence electrons. The highest BCUT2D eigenvalue weighted by Gasteiger charge is 2.33. The van der Waals surface area contributed by atoms with Crippen molar-refractivity contribution < 1.29 is 19.4 Å². The first kappa shape index (κ1) is 11.8. The molecule has 2 unspecified atom stereocenters. The SMILES string of the molecule is CN1CCC(CC2OCC(C(=O)O)O2)CC1. The first-order chi connectivity index (χ1) is 7.65. The van der Waals surface area contributed by atoms with Crippen molar-refractivity contribution in [3.63, 3.8) is 0 Å². The number of hydrogen-bond acceptors (Lipinski definition) is 4. The van der Waals surface area contributed by atoms with Crippen molar-refractivity contribution in [2.24, 2.45) is 5.92 Å². The van der Waals surface area contributed by atoms with Gasteiger partial charge in [0.2, 0.25) is 0 Å². The van der Waals surface area contributed by atoms with Gasteiger partial charge in [-0.15, -0.1) is 0 Å². The van der Waals surface area contributed by atoms with Gasteiger partial charge in [0.05, 0.1) is 6.61 Å². The molecule has 2 fully saturated rings. The van der Waals surface area contributed by atoms with Crippen LogP contribution in [0.4, 0.5) is 0 Å². The molecule has 0 aromatic heterocycles. The summed E-state index contributed by atoms with van der Waals surface area (Å²) in [4.78, 5) is 13.0. The third-order valence-corrected chi connectivity index (χ3v) is 3.39. The van der Waals surface area contributed by atoms with E-state index in [4.69, 9.17) is 14.6 Å². The van der Waals surface area contributed by atoms with E-state index in [0.717, 1.165) is 32.4 Å². The lowest BCUT2D eigenvalue weighted by atomic mass is 9.94. The van der Waals surface area contributed by atoms with Crippen LogP contribution >= 0.6 is 0 Å². The van der Waals surface area contributed by atoms with E-state index in [1.807, 2.05) is 0 Å². The Morgan fingerprint density at radius 1 is 1.44 bits per heavy atom. The van der Waals surface area contributed by atoms with Crippen LogP contribution in [0, 0.1) is 5.92 Å². The molecule has 5 heteroatoms. The van der Waals surface area contributed by atoms with Crippen LogP contribution in [-0.4, -0.2) is 55.1 Å². The highest BCUT2D eigenvalue weighted by atomic mass is 16.7. The molecule has 0 spiro atoms. The molecule has 5 nitrogen and oxygen atoms in total. The van der Waals surface area contributed by atoms with Gasteiger partial charge < -0.3 is 19.5 Å². The summed E-state index contributed by atoms with van der Waals surface area (Å²) in [6, 6.07) is 0. The van der Waals surface area contributed by atoms with Gasteiger partial charge in [-0.25, -0.2) is 4.79 Å². The molecule has 2 rings (SSSR count). The highest BCUT2D eigenvalue weighted by molar-refractivity contribution is 5.72. The standard InChI is InChI=1S/C11H19NO4/c1-12-4-2-8(3-5-12)6-10-15-7-9(16-10)11(13)14/h8-10H,2-7H2,1H3,(H,13,14). The van der Waals surface area contributed by atoms with Crippen LogP contribution < -0.4 is 0 Å². The largest absolute Gasteiger partial charge is 0.479 e. The van der Waals surface area contributed by atoms with Crippen molar-refractivity contribution in [2.45, 2.75) is 31.7 Å². The van der Waals surface area contributed by atoms with E-state index in [-0.39, 0.29) is 12.9 Å². The molecule has 0 amide bonds. The number of carboxylic acids is 1. The molecule has 2 atom stereocenters. The van der Waals surface area contributed by atoms with Gasteiger partial charge in [-0.05, 0) is 38.9 Å². The third kappa shape index (κ3) is 2.93. The number of piperidine rings is 1. The lowest BCUT2D eigenvalue weighted by Crippen LogP contribution is -2.32. The van der Waals surface area contributed by atoms with E-state index >= 15 is 0 Å². The molecular formula is C11H19NO4. The first-order valence-electron chi connectivity index (χ1n) is 5.83. The second-order valence-corrected chi connectivity index (χ2v) is 4.71. The lowest BCUT2D eigenvalue weighted by Gasteiger charge is -2.29. The fourth-order valence-corrected chi connectivity index (χ4v) is 2.28. The summed E-state index contributed by atoms with van der Waals surface area (Å²) in [6.07, 6.45) is 2.05. The monoisotopic (exact) mass is 229 g/mol. The Bertz CT molecular complexity index is 250. The molecule has 0 aromatic carbocycles. The van der Waals surface area contributed by atoms with Gasteiger partial charge in [0.25, 0.3) is 0 Å². The van der Waals surface area contributed by atoms with Crippen LogP contribution in [0.2, 0.25) is 0 Å². The van der Waals surface area contributed by atoms with Crippen molar-refractivity contribution in [1.82, 2.24) is 4.90 Å². The predicted molar refractivity (Wildman–Crippen MR) is 57.1 cm³/mol. The van der Waals surface area contributed by atoms with Crippen molar-refractivity contribution in [3.8, 4) is 0 Å². The summed E-state index contributed by atoms with van der Waals surface area (Å²) >= 11 is 0. The van der Waals surface area contributed by atoms with Gasteiger partial charge in [0.1, 0.15) is 0 Å². The number of likely N-dealkylation sites (tertiary alicyclic amines) is 1. The minimum Gasteiger partial charge on any atom is -0.479 e. The van der Waals surface area contributed by atoms with Crippen LogP contribution in [0.1, 0.15) is 19.3 Å². The molecule has 0 aliphatic carbocycles. The van der Waals surface area contributed by atoms with Gasteiger partial charge in [-0.3, -0.25) is 0 Å². The number of hydrogen-bond donors (Lipinski definition) is 1. The summed E-state index contributed by atoms with van der Waals surface area (Å²) < 4.78 is 10.7. The van der Waals surface area contributed by atoms with Crippen LogP contribution in [-0.2, 0) is 14.3 Å². The number of carbonyl (C=O) groups is 1. The van der Waals surface area contributed by atoms with Gasteiger partial charge in [-0.1, -0.05) is 0 Å². The molecule has 1 N–H and O–H groups in total. The Hall–Kier alpha value is -0.650. The molecule has 2 aliphatic rings. The average molecular weight is 229 g/mol. The number of carboxylic acid groups (broad SMARTS) is 1. The van der Waals surface area contributed by atoms with E-state index in [0.29, 0.717) is 5.92 Å². The Morgan fingerprint density at radius 2 is 2.12 bits per heavy atom. The van der Waals surface area contributed by atoms with Crippen molar-refractivity contribution in [1.29, 1.82) is 0 Å². The van der Waals surface area contributed by atoms with Crippen LogP contribution in [0.25, 0.3) is 0 Å². The second kappa shape index (κ2) is 5.12. The number of aliphatic carboxylic acids is 1. The molecule has 0 radical (unpaired) electrons. The first-order valence-corrected chi connectivity index (χ1v) is 5.83. The van der Waals surface area contributed by atoms with Crippen LogP contribution in [0.15, 0.2) is 0 Å². The Kier molecular flexibility index (Phi) is 3.78. The van der Waals surface area contributed by atoms with E-state index in [2.05, 4.69) is 11.9 Å². The quantitative estimate of drug-likeness (QED) is 0.765. The van der Waals surface area contributed by atoms with Crippen LogP contribution in [0.3, 0.4) is 0 Å². The lowest BCUT2D eigenvalue weighted by molar-refractivity contribution is -0.151. The van der Waals surface area contributed by atoms with Gasteiger partial charge in [-0.2, -0.15) is 0 Å². The van der Waals surface area contributed by atoms with E-state index in [1.54, 1.807) is 0 Å². The fraction of sp³-hybridized carbons (Fsp3) is 0.909. The third-order valence-electron chi connectivity index (χ3n) is 3.39. The summed E-state index contributed by atoms with van der Waals surface area (Å²) in [5.41, 5.74) is 0. The van der Waals surface area contributed by atoms with Gasteiger partial charge in [0.15, 0.2) is 12.4 Å². The molecule has 2 saturated heterocycles. The molecule has 0 bridgehead atoms. The molecule has 2 heterocycles. The maximum absolute atomic E-state index is 10.7. The number of rotatable bonds is 3. The zero-order chi connectivity index (χ0) is 11.5. The summed E-state index contributed by atoms with van der Waals surface area (Å²) in [5.74, 6) is -0.320. The number of ether oxygens (including phenoxy) is 2. The average Bonchev–Trinajstić information content (AvgIpc) is 2.70. The van der Waals surface area contributed by atoms with E-state index < -0.39 is 12.1 Å². The van der Waals surface area contributed by atoms with Crippen molar-refractivity contribution in [3.05, 3.63) is 0 Å². The molecule has 2 aliphatic heterocycles. The van der Waals surface area contributed by atoms with Crippen molar-refractivity contribution in [2.75, 3.05) is 26.7 Å². The molecule has 16 heavy (non-hydrogen) atoms. The summed E-state index contributed by atoms with van der Waals surface area (Å²) in [5, 5.41) is 8.76. The number of nitrogens with zero attached hydrogens (tertiary/aromatic N) is 1. The maximum atomic E-state index is 10.7. The maximum Gasteiger partial charge on any atom is 0.335 e. The normalized spacial score (nSPS) is 33.1.